The summed E-state index contributed by atoms with van der Waals surface area (Å²) in [6.45, 7) is 1.31. The van der Waals surface area contributed by atoms with Gasteiger partial charge < -0.3 is 20.1 Å². The number of aromatic nitrogens is 1. The highest BCUT2D eigenvalue weighted by molar-refractivity contribution is 5.94. The van der Waals surface area contributed by atoms with E-state index >= 15 is 0 Å². The molecule has 1 unspecified atom stereocenters. The lowest BCUT2D eigenvalue weighted by molar-refractivity contribution is 0.0857. The Balaban J connectivity index is 1.63. The fourth-order valence-corrected chi connectivity index (χ4v) is 2.61. The van der Waals surface area contributed by atoms with E-state index in [-0.39, 0.29) is 12.0 Å². The van der Waals surface area contributed by atoms with E-state index in [0.29, 0.717) is 12.1 Å². The fraction of sp³-hybridized carbons (Fsp3) is 0.333. The van der Waals surface area contributed by atoms with Crippen LogP contribution in [0.25, 0.3) is 0 Å². The monoisotopic (exact) mass is 327 g/mol. The lowest BCUT2D eigenvalue weighted by atomic mass is 10.2. The van der Waals surface area contributed by atoms with E-state index in [4.69, 9.17) is 9.47 Å². The summed E-state index contributed by atoms with van der Waals surface area (Å²) >= 11 is 0. The van der Waals surface area contributed by atoms with Gasteiger partial charge in [0.2, 0.25) is 0 Å². The smallest absolute Gasteiger partial charge is 0.253 e. The summed E-state index contributed by atoms with van der Waals surface area (Å²) in [7, 11) is 1.62. The van der Waals surface area contributed by atoms with E-state index in [1.807, 2.05) is 24.3 Å². The maximum absolute atomic E-state index is 12.3. The number of hydrogen-bond donors (Lipinski definition) is 2. The van der Waals surface area contributed by atoms with Crippen molar-refractivity contribution >= 4 is 17.3 Å². The van der Waals surface area contributed by atoms with Gasteiger partial charge in [0.15, 0.2) is 0 Å². The van der Waals surface area contributed by atoms with Crippen LogP contribution in [0.5, 0.6) is 5.75 Å². The molecule has 0 radical (unpaired) electrons. The molecule has 1 amide bonds. The van der Waals surface area contributed by atoms with Crippen molar-refractivity contribution in [2.24, 2.45) is 0 Å². The first-order chi connectivity index (χ1) is 11.7. The van der Waals surface area contributed by atoms with Gasteiger partial charge in [0, 0.05) is 31.1 Å². The molecule has 2 aromatic rings. The van der Waals surface area contributed by atoms with Gasteiger partial charge in [-0.15, -0.1) is 0 Å². The molecule has 0 bridgehead atoms. The topological polar surface area (TPSA) is 72.5 Å². The molecule has 2 heterocycles. The summed E-state index contributed by atoms with van der Waals surface area (Å²) in [6, 6.07) is 9.35. The van der Waals surface area contributed by atoms with Crippen molar-refractivity contribution in [1.82, 2.24) is 10.3 Å². The number of carbonyl (C=O) groups excluding carboxylic acids is 1. The minimum atomic E-state index is -0.146. The van der Waals surface area contributed by atoms with E-state index in [1.165, 1.54) is 0 Å². The number of amides is 1. The molecule has 1 aliphatic heterocycles. The van der Waals surface area contributed by atoms with Gasteiger partial charge in [-0.2, -0.15) is 0 Å². The largest absolute Gasteiger partial charge is 0.497 e. The summed E-state index contributed by atoms with van der Waals surface area (Å²) in [4.78, 5) is 16.4. The zero-order valence-corrected chi connectivity index (χ0v) is 13.6. The molecule has 1 aromatic carbocycles. The number of pyridine rings is 1. The molecule has 0 saturated carbocycles. The Morgan fingerprint density at radius 3 is 3.04 bits per heavy atom. The SMILES string of the molecule is COc1cccc(Nc2cncc(C(=O)NCC3CCCO3)c2)c1. The lowest BCUT2D eigenvalue weighted by Gasteiger charge is -2.12. The third kappa shape index (κ3) is 4.23. The summed E-state index contributed by atoms with van der Waals surface area (Å²) < 4.78 is 10.7. The molecule has 0 spiro atoms. The van der Waals surface area contributed by atoms with Crippen LogP contribution in [0, 0.1) is 0 Å². The third-order valence-corrected chi connectivity index (χ3v) is 3.87. The summed E-state index contributed by atoms with van der Waals surface area (Å²) in [5.74, 6) is 0.616. The van der Waals surface area contributed by atoms with Gasteiger partial charge in [-0.1, -0.05) is 6.07 Å². The molecule has 126 valence electrons. The Hall–Kier alpha value is -2.60. The van der Waals surface area contributed by atoms with Crippen LogP contribution in [0.3, 0.4) is 0 Å². The molecule has 3 rings (SSSR count). The van der Waals surface area contributed by atoms with E-state index < -0.39 is 0 Å². The number of carbonyl (C=O) groups is 1. The van der Waals surface area contributed by atoms with Crippen molar-refractivity contribution in [2.75, 3.05) is 25.6 Å². The van der Waals surface area contributed by atoms with Gasteiger partial charge in [-0.25, -0.2) is 0 Å². The standard InChI is InChI=1S/C18H21N3O3/c1-23-16-5-2-4-14(9-16)21-15-8-13(10-19-11-15)18(22)20-12-17-6-3-7-24-17/h2,4-5,8-11,17,21H,3,6-7,12H2,1H3,(H,20,22). The molecule has 1 fully saturated rings. The van der Waals surface area contributed by atoms with Crippen LogP contribution >= 0.6 is 0 Å². The predicted octanol–water partition coefficient (Wildman–Crippen LogP) is 2.74. The van der Waals surface area contributed by atoms with Gasteiger partial charge >= 0.3 is 0 Å². The third-order valence-electron chi connectivity index (χ3n) is 3.87. The molecule has 24 heavy (non-hydrogen) atoms. The predicted molar refractivity (Wildman–Crippen MR) is 91.8 cm³/mol. The van der Waals surface area contributed by atoms with Gasteiger partial charge in [-0.3, -0.25) is 9.78 Å². The van der Waals surface area contributed by atoms with Crippen molar-refractivity contribution in [1.29, 1.82) is 0 Å². The van der Waals surface area contributed by atoms with E-state index in [1.54, 1.807) is 25.6 Å². The number of nitrogens with one attached hydrogen (secondary N) is 2. The molecule has 1 aliphatic rings. The average Bonchev–Trinajstić information content (AvgIpc) is 3.13. The van der Waals surface area contributed by atoms with Crippen LogP contribution in [0.2, 0.25) is 0 Å². The average molecular weight is 327 g/mol. The van der Waals surface area contributed by atoms with Gasteiger partial charge in [0.25, 0.3) is 5.91 Å². The summed E-state index contributed by atoms with van der Waals surface area (Å²) in [5, 5.41) is 6.12. The number of benzene rings is 1. The molecule has 2 N–H and O–H groups in total. The maximum Gasteiger partial charge on any atom is 0.253 e. The summed E-state index contributed by atoms with van der Waals surface area (Å²) in [5.41, 5.74) is 2.13. The number of nitrogens with zero attached hydrogens (tertiary/aromatic N) is 1. The number of rotatable bonds is 6. The van der Waals surface area contributed by atoms with Crippen LogP contribution in [-0.4, -0.2) is 37.3 Å². The second-order valence-electron chi connectivity index (χ2n) is 5.66. The Labute approximate surface area is 141 Å². The Kier molecular flexibility index (Phi) is 5.28. The number of anilines is 2. The van der Waals surface area contributed by atoms with E-state index in [0.717, 1.165) is 36.6 Å². The van der Waals surface area contributed by atoms with Crippen molar-refractivity contribution in [3.05, 3.63) is 48.3 Å². The van der Waals surface area contributed by atoms with Crippen LogP contribution < -0.4 is 15.4 Å². The van der Waals surface area contributed by atoms with E-state index in [9.17, 15) is 4.79 Å². The van der Waals surface area contributed by atoms with Crippen molar-refractivity contribution in [2.45, 2.75) is 18.9 Å². The zero-order chi connectivity index (χ0) is 16.8. The second-order valence-corrected chi connectivity index (χ2v) is 5.66. The highest BCUT2D eigenvalue weighted by atomic mass is 16.5. The van der Waals surface area contributed by atoms with Crippen molar-refractivity contribution in [3.8, 4) is 5.75 Å². The van der Waals surface area contributed by atoms with Crippen LogP contribution in [0.15, 0.2) is 42.7 Å². The Bertz CT molecular complexity index is 699. The first-order valence-corrected chi connectivity index (χ1v) is 8.00. The molecule has 6 heteroatoms. The fourth-order valence-electron chi connectivity index (χ4n) is 2.61. The van der Waals surface area contributed by atoms with Crippen LogP contribution in [0.4, 0.5) is 11.4 Å². The van der Waals surface area contributed by atoms with Gasteiger partial charge in [0.05, 0.1) is 30.7 Å². The van der Waals surface area contributed by atoms with Crippen LogP contribution in [0.1, 0.15) is 23.2 Å². The van der Waals surface area contributed by atoms with Crippen molar-refractivity contribution < 1.29 is 14.3 Å². The van der Waals surface area contributed by atoms with Gasteiger partial charge in [-0.05, 0) is 31.0 Å². The molecule has 0 aliphatic carbocycles. The van der Waals surface area contributed by atoms with E-state index in [2.05, 4.69) is 15.6 Å². The first-order valence-electron chi connectivity index (χ1n) is 8.00. The molecule has 1 saturated heterocycles. The summed E-state index contributed by atoms with van der Waals surface area (Å²) in [6.07, 6.45) is 5.41. The van der Waals surface area contributed by atoms with Gasteiger partial charge in [0.1, 0.15) is 5.75 Å². The maximum atomic E-state index is 12.3. The number of methoxy groups -OCH3 is 1. The number of ether oxygens (including phenoxy) is 2. The number of hydrogen-bond acceptors (Lipinski definition) is 5. The molecular weight excluding hydrogens is 306 g/mol. The molecule has 1 aromatic heterocycles. The normalized spacial score (nSPS) is 16.6. The minimum absolute atomic E-state index is 0.125. The minimum Gasteiger partial charge on any atom is -0.497 e. The molecular formula is C18H21N3O3. The lowest BCUT2D eigenvalue weighted by Crippen LogP contribution is -2.31. The first kappa shape index (κ1) is 16.3. The van der Waals surface area contributed by atoms with Crippen LogP contribution in [-0.2, 0) is 4.74 Å². The highest BCUT2D eigenvalue weighted by Gasteiger charge is 2.16. The molecule has 1 atom stereocenters. The second kappa shape index (κ2) is 7.79. The zero-order valence-electron chi connectivity index (χ0n) is 13.6. The quantitative estimate of drug-likeness (QED) is 0.853. The Morgan fingerprint density at radius 2 is 2.25 bits per heavy atom. The Morgan fingerprint density at radius 1 is 1.33 bits per heavy atom. The highest BCUT2D eigenvalue weighted by Crippen LogP contribution is 2.21. The molecule has 6 nitrogen and oxygen atoms in total. The van der Waals surface area contributed by atoms with Crippen molar-refractivity contribution in [3.63, 3.8) is 0 Å².